The van der Waals surface area contributed by atoms with Crippen LogP contribution in [0.2, 0.25) is 0 Å². The normalized spacial score (nSPS) is 16.1. The molecule has 1 aliphatic rings. The molecule has 0 atom stereocenters. The third-order valence-electron chi connectivity index (χ3n) is 4.00. The molecule has 0 unspecified atom stereocenters. The van der Waals surface area contributed by atoms with Crippen molar-refractivity contribution in [3.8, 4) is 5.75 Å². The minimum absolute atomic E-state index is 0.122. The number of amides is 2. The summed E-state index contributed by atoms with van der Waals surface area (Å²) >= 11 is 0. The zero-order chi connectivity index (χ0) is 16.0. The fourth-order valence-electron chi connectivity index (χ4n) is 2.61. The van der Waals surface area contributed by atoms with Crippen molar-refractivity contribution in [1.82, 2.24) is 10.6 Å². The fraction of sp³-hybridized carbons (Fsp3) is 0.500. The Hall–Kier alpha value is -2.08. The molecule has 1 aliphatic carbocycles. The molecule has 120 valence electrons. The highest BCUT2D eigenvalue weighted by Crippen LogP contribution is 2.26. The fourth-order valence-corrected chi connectivity index (χ4v) is 2.61. The van der Waals surface area contributed by atoms with Gasteiger partial charge in [0.05, 0.1) is 12.6 Å². The number of nitrogens with two attached hydrogens (primary N) is 1. The molecule has 0 aliphatic heterocycles. The van der Waals surface area contributed by atoms with Gasteiger partial charge in [0.25, 0.3) is 5.91 Å². The molecule has 1 aromatic carbocycles. The first kappa shape index (κ1) is 16.3. The summed E-state index contributed by atoms with van der Waals surface area (Å²) < 4.78 is 5.04. The Morgan fingerprint density at radius 3 is 2.32 bits per heavy atom. The number of carbonyl (C=O) groups excluding carboxylic acids is 2. The second kappa shape index (κ2) is 7.26. The van der Waals surface area contributed by atoms with Gasteiger partial charge in [0.2, 0.25) is 5.91 Å². The maximum atomic E-state index is 12.0. The molecule has 1 fully saturated rings. The van der Waals surface area contributed by atoms with E-state index < -0.39 is 5.54 Å². The van der Waals surface area contributed by atoms with Crippen LogP contribution in [0.15, 0.2) is 24.3 Å². The summed E-state index contributed by atoms with van der Waals surface area (Å²) in [5.74, 6) is 0.401. The van der Waals surface area contributed by atoms with E-state index in [9.17, 15) is 9.59 Å². The van der Waals surface area contributed by atoms with Gasteiger partial charge >= 0.3 is 0 Å². The molecule has 1 saturated carbocycles. The van der Waals surface area contributed by atoms with E-state index in [0.29, 0.717) is 24.4 Å². The molecule has 0 bridgehead atoms. The van der Waals surface area contributed by atoms with Crippen molar-refractivity contribution >= 4 is 11.8 Å². The van der Waals surface area contributed by atoms with Crippen LogP contribution in [0.1, 0.15) is 36.0 Å². The van der Waals surface area contributed by atoms with E-state index in [4.69, 9.17) is 10.5 Å². The van der Waals surface area contributed by atoms with E-state index >= 15 is 0 Å². The quantitative estimate of drug-likeness (QED) is 0.678. The van der Waals surface area contributed by atoms with Crippen molar-refractivity contribution in [3.63, 3.8) is 0 Å². The van der Waals surface area contributed by atoms with Crippen molar-refractivity contribution in [2.45, 2.75) is 31.2 Å². The molecule has 22 heavy (non-hydrogen) atoms. The summed E-state index contributed by atoms with van der Waals surface area (Å²) in [6.07, 6.45) is 3.46. The van der Waals surface area contributed by atoms with Crippen LogP contribution in [0.4, 0.5) is 0 Å². The molecule has 6 nitrogen and oxygen atoms in total. The Morgan fingerprint density at radius 2 is 1.73 bits per heavy atom. The molecule has 0 aromatic heterocycles. The highest BCUT2D eigenvalue weighted by molar-refractivity contribution is 5.94. The van der Waals surface area contributed by atoms with Crippen LogP contribution in [0, 0.1) is 0 Å². The molecule has 0 spiro atoms. The van der Waals surface area contributed by atoms with Crippen LogP contribution >= 0.6 is 0 Å². The van der Waals surface area contributed by atoms with Gasteiger partial charge < -0.3 is 21.1 Å². The Morgan fingerprint density at radius 1 is 1.14 bits per heavy atom. The Kier molecular flexibility index (Phi) is 5.38. The average molecular weight is 305 g/mol. The minimum Gasteiger partial charge on any atom is -0.497 e. The Bertz CT molecular complexity index is 522. The number of benzene rings is 1. The Balaban J connectivity index is 1.71. The van der Waals surface area contributed by atoms with Crippen molar-refractivity contribution < 1.29 is 14.3 Å². The van der Waals surface area contributed by atoms with E-state index in [1.54, 1.807) is 31.4 Å². The van der Waals surface area contributed by atoms with Gasteiger partial charge in [0.15, 0.2) is 0 Å². The van der Waals surface area contributed by atoms with Gasteiger partial charge in [0, 0.05) is 18.7 Å². The third kappa shape index (κ3) is 3.98. The number of rotatable bonds is 6. The van der Waals surface area contributed by atoms with Crippen molar-refractivity contribution in [1.29, 1.82) is 0 Å². The van der Waals surface area contributed by atoms with Gasteiger partial charge in [-0.15, -0.1) is 0 Å². The van der Waals surface area contributed by atoms with Gasteiger partial charge in [-0.05, 0) is 37.1 Å². The van der Waals surface area contributed by atoms with Gasteiger partial charge in [-0.3, -0.25) is 9.59 Å². The minimum atomic E-state index is -0.722. The summed E-state index contributed by atoms with van der Waals surface area (Å²) in [7, 11) is 1.58. The van der Waals surface area contributed by atoms with E-state index in [-0.39, 0.29) is 11.8 Å². The highest BCUT2D eigenvalue weighted by Gasteiger charge is 2.36. The molecule has 6 heteroatoms. The van der Waals surface area contributed by atoms with Gasteiger partial charge in [0.1, 0.15) is 5.75 Å². The smallest absolute Gasteiger partial charge is 0.251 e. The monoisotopic (exact) mass is 305 g/mol. The van der Waals surface area contributed by atoms with Crippen LogP contribution in [0.25, 0.3) is 0 Å². The van der Waals surface area contributed by atoms with Crippen LogP contribution in [-0.2, 0) is 4.79 Å². The topological polar surface area (TPSA) is 93.5 Å². The second-order valence-electron chi connectivity index (χ2n) is 5.60. The molecular formula is C16H23N3O3. The van der Waals surface area contributed by atoms with Crippen molar-refractivity contribution in [2.75, 3.05) is 20.2 Å². The first-order valence-electron chi connectivity index (χ1n) is 7.54. The molecule has 2 rings (SSSR count). The second-order valence-corrected chi connectivity index (χ2v) is 5.60. The zero-order valence-corrected chi connectivity index (χ0v) is 12.9. The summed E-state index contributed by atoms with van der Waals surface area (Å²) in [5, 5.41) is 5.55. The maximum Gasteiger partial charge on any atom is 0.251 e. The molecule has 1 aromatic rings. The summed E-state index contributed by atoms with van der Waals surface area (Å²) in [4.78, 5) is 23.9. The number of hydrogen-bond donors (Lipinski definition) is 3. The lowest BCUT2D eigenvalue weighted by Crippen LogP contribution is -2.53. The van der Waals surface area contributed by atoms with Gasteiger partial charge in [-0.1, -0.05) is 12.8 Å². The predicted octanol–water partition coefficient (Wildman–Crippen LogP) is 0.813. The third-order valence-corrected chi connectivity index (χ3v) is 4.00. The summed E-state index contributed by atoms with van der Waals surface area (Å²) in [5.41, 5.74) is 5.88. The zero-order valence-electron chi connectivity index (χ0n) is 12.9. The lowest BCUT2D eigenvalue weighted by atomic mass is 9.98. The van der Waals surface area contributed by atoms with Gasteiger partial charge in [-0.25, -0.2) is 0 Å². The Labute approximate surface area is 130 Å². The highest BCUT2D eigenvalue weighted by atomic mass is 16.5. The van der Waals surface area contributed by atoms with Crippen LogP contribution in [0.3, 0.4) is 0 Å². The molecule has 0 saturated heterocycles. The molecule has 0 heterocycles. The number of ether oxygens (including phenoxy) is 1. The van der Waals surface area contributed by atoms with Crippen LogP contribution in [0.5, 0.6) is 5.75 Å². The molecule has 0 radical (unpaired) electrons. The average Bonchev–Trinajstić information content (AvgIpc) is 2.99. The standard InChI is InChI=1S/C16H23N3O3/c1-22-13-6-4-12(5-7-13)14(20)18-10-11-19-15(21)16(17)8-2-3-9-16/h4-7H,2-3,8-11,17H2,1H3,(H,18,20)(H,19,21). The lowest BCUT2D eigenvalue weighted by molar-refractivity contribution is -0.126. The van der Waals surface area contributed by atoms with E-state index in [0.717, 1.165) is 25.7 Å². The van der Waals surface area contributed by atoms with Gasteiger partial charge in [-0.2, -0.15) is 0 Å². The SMILES string of the molecule is COc1ccc(C(=O)NCCNC(=O)C2(N)CCCC2)cc1. The summed E-state index contributed by atoms with van der Waals surface area (Å²) in [6.45, 7) is 0.742. The number of methoxy groups -OCH3 is 1. The van der Waals surface area contributed by atoms with E-state index in [2.05, 4.69) is 10.6 Å². The van der Waals surface area contributed by atoms with E-state index in [1.807, 2.05) is 0 Å². The van der Waals surface area contributed by atoms with Crippen LogP contribution in [-0.4, -0.2) is 37.6 Å². The van der Waals surface area contributed by atoms with Crippen molar-refractivity contribution in [2.24, 2.45) is 5.73 Å². The maximum absolute atomic E-state index is 12.0. The molecular weight excluding hydrogens is 282 g/mol. The summed E-state index contributed by atoms with van der Waals surface area (Å²) in [6, 6.07) is 6.85. The molecule has 4 N–H and O–H groups in total. The van der Waals surface area contributed by atoms with E-state index in [1.165, 1.54) is 0 Å². The van der Waals surface area contributed by atoms with Crippen molar-refractivity contribution in [3.05, 3.63) is 29.8 Å². The number of hydrogen-bond acceptors (Lipinski definition) is 4. The largest absolute Gasteiger partial charge is 0.497 e. The first-order chi connectivity index (χ1) is 10.5. The predicted molar refractivity (Wildman–Crippen MR) is 83.7 cm³/mol. The molecule has 2 amide bonds. The number of nitrogens with one attached hydrogen (secondary N) is 2. The number of carbonyl (C=O) groups is 2. The van der Waals surface area contributed by atoms with Crippen LogP contribution < -0.4 is 21.1 Å². The first-order valence-corrected chi connectivity index (χ1v) is 7.54. The lowest BCUT2D eigenvalue weighted by Gasteiger charge is -2.22.